The van der Waals surface area contributed by atoms with Crippen LogP contribution in [-0.4, -0.2) is 50.3 Å². The first-order valence-electron chi connectivity index (χ1n) is 6.85. The number of piperidine rings is 1. The van der Waals surface area contributed by atoms with E-state index in [0.29, 0.717) is 6.04 Å². The summed E-state index contributed by atoms with van der Waals surface area (Å²) in [6.07, 6.45) is 10.5. The summed E-state index contributed by atoms with van der Waals surface area (Å²) in [7, 11) is 0. The van der Waals surface area contributed by atoms with Gasteiger partial charge >= 0.3 is 0 Å². The molecule has 3 nitrogen and oxygen atoms in total. The summed E-state index contributed by atoms with van der Waals surface area (Å²) in [5.74, 6) is 3.59. The number of rotatable bonds is 7. The van der Waals surface area contributed by atoms with Gasteiger partial charge in [0.25, 0.3) is 0 Å². The molecule has 0 atom stereocenters. The summed E-state index contributed by atoms with van der Waals surface area (Å²) < 4.78 is 5.61. The van der Waals surface area contributed by atoms with E-state index in [1.165, 1.54) is 25.7 Å². The van der Waals surface area contributed by atoms with Gasteiger partial charge in [-0.25, -0.2) is 0 Å². The number of nitrogens with zero attached hydrogens (tertiary/aromatic N) is 1. The number of hydrogen-bond acceptors (Lipinski definition) is 3. The Morgan fingerprint density at radius 1 is 1.24 bits per heavy atom. The SMILES string of the molecule is C#CCN1CCC(NCCOCC2CC2)CC1. The minimum atomic E-state index is 0.661. The Kier molecular flexibility index (Phi) is 5.31. The Labute approximate surface area is 105 Å². The van der Waals surface area contributed by atoms with Gasteiger partial charge in [0.1, 0.15) is 0 Å². The van der Waals surface area contributed by atoms with Crippen LogP contribution in [0, 0.1) is 18.3 Å². The number of hydrogen-bond donors (Lipinski definition) is 1. The largest absolute Gasteiger partial charge is 0.380 e. The van der Waals surface area contributed by atoms with Crippen LogP contribution in [0.2, 0.25) is 0 Å². The van der Waals surface area contributed by atoms with Crippen molar-refractivity contribution in [1.29, 1.82) is 0 Å². The zero-order valence-electron chi connectivity index (χ0n) is 10.7. The van der Waals surface area contributed by atoms with Crippen molar-refractivity contribution >= 4 is 0 Å². The first kappa shape index (κ1) is 12.9. The Balaban J connectivity index is 1.45. The molecule has 1 aliphatic heterocycles. The second kappa shape index (κ2) is 7.00. The molecular weight excluding hydrogens is 212 g/mol. The van der Waals surface area contributed by atoms with E-state index in [9.17, 15) is 0 Å². The molecule has 1 saturated carbocycles. The molecule has 1 heterocycles. The van der Waals surface area contributed by atoms with Crippen molar-refractivity contribution < 1.29 is 4.74 Å². The lowest BCUT2D eigenvalue weighted by molar-refractivity contribution is 0.120. The molecule has 0 aromatic heterocycles. The van der Waals surface area contributed by atoms with E-state index < -0.39 is 0 Å². The number of terminal acetylenes is 1. The molecule has 1 aliphatic carbocycles. The lowest BCUT2D eigenvalue weighted by Gasteiger charge is -2.31. The van der Waals surface area contributed by atoms with Crippen LogP contribution in [0.1, 0.15) is 25.7 Å². The molecule has 0 unspecified atom stereocenters. The molecule has 2 fully saturated rings. The van der Waals surface area contributed by atoms with Crippen LogP contribution in [0.4, 0.5) is 0 Å². The highest BCUT2D eigenvalue weighted by Crippen LogP contribution is 2.28. The molecule has 0 aromatic rings. The molecule has 1 N–H and O–H groups in total. The van der Waals surface area contributed by atoms with Crippen LogP contribution >= 0.6 is 0 Å². The maximum atomic E-state index is 5.61. The van der Waals surface area contributed by atoms with Crippen molar-refractivity contribution in [1.82, 2.24) is 10.2 Å². The van der Waals surface area contributed by atoms with Crippen LogP contribution in [0.3, 0.4) is 0 Å². The average Bonchev–Trinajstić information content (AvgIpc) is 3.15. The highest BCUT2D eigenvalue weighted by atomic mass is 16.5. The van der Waals surface area contributed by atoms with E-state index in [-0.39, 0.29) is 0 Å². The topological polar surface area (TPSA) is 24.5 Å². The van der Waals surface area contributed by atoms with Gasteiger partial charge in [0.2, 0.25) is 0 Å². The molecule has 17 heavy (non-hydrogen) atoms. The molecular formula is C14H24N2O. The predicted molar refractivity (Wildman–Crippen MR) is 69.8 cm³/mol. The molecule has 0 spiro atoms. The third-order valence-corrected chi connectivity index (χ3v) is 3.63. The molecule has 2 aliphatic rings. The van der Waals surface area contributed by atoms with Gasteiger partial charge in [-0.2, -0.15) is 0 Å². The van der Waals surface area contributed by atoms with Gasteiger partial charge in [0, 0.05) is 32.3 Å². The molecule has 1 saturated heterocycles. The minimum absolute atomic E-state index is 0.661. The fourth-order valence-corrected chi connectivity index (χ4v) is 2.29. The molecule has 0 bridgehead atoms. The van der Waals surface area contributed by atoms with Crippen LogP contribution in [0.5, 0.6) is 0 Å². The van der Waals surface area contributed by atoms with Gasteiger partial charge in [0.05, 0.1) is 13.2 Å². The van der Waals surface area contributed by atoms with E-state index in [1.54, 1.807) is 0 Å². The number of nitrogens with one attached hydrogen (secondary N) is 1. The Morgan fingerprint density at radius 3 is 2.65 bits per heavy atom. The Morgan fingerprint density at radius 2 is 2.00 bits per heavy atom. The summed E-state index contributed by atoms with van der Waals surface area (Å²) in [5.41, 5.74) is 0. The summed E-state index contributed by atoms with van der Waals surface area (Å²) in [6, 6.07) is 0.661. The van der Waals surface area contributed by atoms with Crippen molar-refractivity contribution in [3.63, 3.8) is 0 Å². The van der Waals surface area contributed by atoms with Crippen molar-refractivity contribution in [3.8, 4) is 12.3 Å². The maximum Gasteiger partial charge on any atom is 0.0598 e. The number of likely N-dealkylation sites (tertiary alicyclic amines) is 1. The lowest BCUT2D eigenvalue weighted by atomic mass is 10.1. The second-order valence-electron chi connectivity index (χ2n) is 5.23. The summed E-state index contributed by atoms with van der Waals surface area (Å²) in [4.78, 5) is 2.35. The van der Waals surface area contributed by atoms with E-state index in [0.717, 1.165) is 45.3 Å². The third-order valence-electron chi connectivity index (χ3n) is 3.63. The summed E-state index contributed by atoms with van der Waals surface area (Å²) >= 11 is 0. The Hall–Kier alpha value is -0.560. The van der Waals surface area contributed by atoms with E-state index in [2.05, 4.69) is 16.1 Å². The minimum Gasteiger partial charge on any atom is -0.380 e. The van der Waals surface area contributed by atoms with Crippen molar-refractivity contribution in [2.24, 2.45) is 5.92 Å². The first-order valence-corrected chi connectivity index (χ1v) is 6.85. The lowest BCUT2D eigenvalue weighted by Crippen LogP contribution is -2.43. The summed E-state index contributed by atoms with van der Waals surface area (Å²) in [6.45, 7) is 5.89. The van der Waals surface area contributed by atoms with Gasteiger partial charge in [-0.1, -0.05) is 5.92 Å². The van der Waals surface area contributed by atoms with Crippen molar-refractivity contribution in [2.45, 2.75) is 31.7 Å². The molecule has 96 valence electrons. The van der Waals surface area contributed by atoms with Gasteiger partial charge in [0.15, 0.2) is 0 Å². The maximum absolute atomic E-state index is 5.61. The third kappa shape index (κ3) is 5.08. The van der Waals surface area contributed by atoms with Gasteiger partial charge < -0.3 is 10.1 Å². The van der Waals surface area contributed by atoms with E-state index in [1.807, 2.05) is 0 Å². The normalized spacial score (nSPS) is 22.5. The average molecular weight is 236 g/mol. The molecule has 0 radical (unpaired) electrons. The van der Waals surface area contributed by atoms with E-state index in [4.69, 9.17) is 11.2 Å². The highest BCUT2D eigenvalue weighted by Gasteiger charge is 2.21. The quantitative estimate of drug-likeness (QED) is 0.529. The van der Waals surface area contributed by atoms with Crippen LogP contribution < -0.4 is 5.32 Å². The van der Waals surface area contributed by atoms with Gasteiger partial charge in [-0.3, -0.25) is 4.90 Å². The smallest absolute Gasteiger partial charge is 0.0598 e. The van der Waals surface area contributed by atoms with E-state index >= 15 is 0 Å². The fraction of sp³-hybridized carbons (Fsp3) is 0.857. The highest BCUT2D eigenvalue weighted by molar-refractivity contribution is 4.90. The van der Waals surface area contributed by atoms with Crippen LogP contribution in [0.25, 0.3) is 0 Å². The molecule has 2 rings (SSSR count). The van der Waals surface area contributed by atoms with Crippen molar-refractivity contribution in [2.75, 3.05) is 39.4 Å². The van der Waals surface area contributed by atoms with Gasteiger partial charge in [-0.15, -0.1) is 6.42 Å². The van der Waals surface area contributed by atoms with Crippen molar-refractivity contribution in [3.05, 3.63) is 0 Å². The summed E-state index contributed by atoms with van der Waals surface area (Å²) in [5, 5.41) is 3.58. The monoisotopic (exact) mass is 236 g/mol. The molecule has 3 heteroatoms. The van der Waals surface area contributed by atoms with Crippen LogP contribution in [0.15, 0.2) is 0 Å². The van der Waals surface area contributed by atoms with Crippen LogP contribution in [-0.2, 0) is 4.74 Å². The standard InChI is InChI=1S/C14H24N2O/c1-2-8-16-9-5-14(6-10-16)15-7-11-17-12-13-3-4-13/h1,13-15H,3-12H2. The number of ether oxygens (including phenoxy) is 1. The fourth-order valence-electron chi connectivity index (χ4n) is 2.29. The predicted octanol–water partition coefficient (Wildman–Crippen LogP) is 1.10. The zero-order valence-corrected chi connectivity index (χ0v) is 10.7. The zero-order chi connectivity index (χ0) is 11.9. The first-order chi connectivity index (χ1) is 8.38. The van der Waals surface area contributed by atoms with Gasteiger partial charge in [-0.05, 0) is 31.6 Å². The second-order valence-corrected chi connectivity index (χ2v) is 5.23. The molecule has 0 aromatic carbocycles. The molecule has 0 amide bonds. The Bertz CT molecular complexity index is 249.